The van der Waals surface area contributed by atoms with Crippen LogP contribution in [0.1, 0.15) is 89.7 Å². The Hall–Kier alpha value is -3.54. The largest absolute Gasteiger partial charge is 0.455 e. The minimum atomic E-state index is -1.24. The molecule has 3 amide bonds. The van der Waals surface area contributed by atoms with Gasteiger partial charge in [-0.25, -0.2) is 0 Å². The molecule has 0 aromatic heterocycles. The van der Waals surface area contributed by atoms with Crippen LogP contribution in [0.4, 0.5) is 0 Å². The maximum Gasteiger partial charge on any atom is 0.313 e. The van der Waals surface area contributed by atoms with Gasteiger partial charge in [0, 0.05) is 26.1 Å². The van der Waals surface area contributed by atoms with Gasteiger partial charge in [-0.1, -0.05) is 75.6 Å². The first-order valence-electron chi connectivity index (χ1n) is 18.8. The molecule has 1 aromatic rings. The van der Waals surface area contributed by atoms with Crippen molar-refractivity contribution in [2.45, 2.75) is 120 Å². The normalized spacial score (nSPS) is 27.5. The van der Waals surface area contributed by atoms with Crippen molar-refractivity contribution in [3.8, 4) is 0 Å². The minimum absolute atomic E-state index is 0.0136. The van der Waals surface area contributed by atoms with Crippen LogP contribution in [-0.2, 0) is 33.4 Å². The monoisotopic (exact) mass is 707 g/mol. The van der Waals surface area contributed by atoms with Crippen molar-refractivity contribution in [1.29, 1.82) is 0 Å². The zero-order valence-electron chi connectivity index (χ0n) is 30.5. The van der Waals surface area contributed by atoms with Crippen LogP contribution in [0.2, 0.25) is 0 Å². The summed E-state index contributed by atoms with van der Waals surface area (Å²) in [6.45, 7) is 11.8. The van der Waals surface area contributed by atoms with E-state index in [0.29, 0.717) is 37.8 Å². The fraction of sp³-hybridized carbons (Fsp3) is 0.650. The number of amides is 3. The van der Waals surface area contributed by atoms with Crippen molar-refractivity contribution in [3.63, 3.8) is 0 Å². The number of methoxy groups -OCH3 is 1. The molecule has 3 aliphatic heterocycles. The molecule has 0 radical (unpaired) electrons. The lowest BCUT2D eigenvalue weighted by atomic mass is 9.70. The topological polar surface area (TPSA) is 135 Å². The summed E-state index contributed by atoms with van der Waals surface area (Å²) in [6, 6.07) is 6.83. The fourth-order valence-corrected chi connectivity index (χ4v) is 9.08. The van der Waals surface area contributed by atoms with E-state index >= 15 is 0 Å². The number of aliphatic hydroxyl groups excluding tert-OH is 1. The fourth-order valence-electron chi connectivity index (χ4n) is 9.08. The van der Waals surface area contributed by atoms with Gasteiger partial charge in [0.2, 0.25) is 17.7 Å². The van der Waals surface area contributed by atoms with Crippen molar-refractivity contribution in [1.82, 2.24) is 15.1 Å². The number of nitrogens with one attached hydrogen (secondary N) is 1. The number of allylic oxidation sites excluding steroid dienone is 1. The number of likely N-dealkylation sites (tertiary alicyclic amines) is 1. The Labute approximate surface area is 302 Å². The maximum atomic E-state index is 14.9. The Balaban J connectivity index is 1.51. The highest BCUT2D eigenvalue weighted by Crippen LogP contribution is 2.59. The molecule has 1 aliphatic carbocycles. The highest BCUT2D eigenvalue weighted by atomic mass is 16.6. The number of aliphatic hydroxyl groups is 1. The Bertz CT molecular complexity index is 1400. The average molecular weight is 708 g/mol. The van der Waals surface area contributed by atoms with Crippen molar-refractivity contribution < 1.29 is 38.5 Å². The lowest BCUT2D eigenvalue weighted by Crippen LogP contribution is -2.60. The number of hydrogen-bond acceptors (Lipinski definition) is 8. The van der Waals surface area contributed by atoms with Crippen molar-refractivity contribution >= 4 is 23.7 Å². The van der Waals surface area contributed by atoms with Crippen LogP contribution in [0, 0.1) is 17.8 Å². The predicted octanol–water partition coefficient (Wildman–Crippen LogP) is 4.50. The predicted molar refractivity (Wildman–Crippen MR) is 192 cm³/mol. The van der Waals surface area contributed by atoms with Gasteiger partial charge in [-0.3, -0.25) is 19.2 Å². The minimum Gasteiger partial charge on any atom is -0.455 e. The number of hydrogen-bond donors (Lipinski definition) is 2. The first-order valence-corrected chi connectivity index (χ1v) is 18.8. The number of carbonyl (C=O) groups is 4. The van der Waals surface area contributed by atoms with Gasteiger partial charge in [-0.2, -0.15) is 0 Å². The average Bonchev–Trinajstić information content (AvgIpc) is 3.78. The third-order valence-corrected chi connectivity index (χ3v) is 11.2. The lowest BCUT2D eigenvalue weighted by Gasteiger charge is -2.42. The van der Waals surface area contributed by atoms with Crippen LogP contribution in [-0.4, -0.2) is 101 Å². The standard InChI is InChI=1S/C40H57N3O8/c1-6-8-19-32(45)41-30(25-49-5)35(27-15-11-9-12-16-27)50-39(48)33-31-20-21-40(51-31)34(33)37(46)43(29(24-44)23-26(3)4)36(40)38(47)42(22-7-2)28-17-13-10-14-18-28/h6-7,9,11-12,15-16,26,28-31,33-36,44H,1-2,8,10,13-14,17-25H2,3-5H3,(H,41,45)/t29-,30-,31-,33+,34+,35-,36-,40+/m1/s1. The van der Waals surface area contributed by atoms with Gasteiger partial charge in [0.15, 0.2) is 0 Å². The van der Waals surface area contributed by atoms with Gasteiger partial charge in [0.25, 0.3) is 0 Å². The third kappa shape index (κ3) is 7.95. The van der Waals surface area contributed by atoms with E-state index in [1.807, 2.05) is 49.1 Å². The van der Waals surface area contributed by atoms with Crippen molar-refractivity contribution in [2.24, 2.45) is 17.8 Å². The smallest absolute Gasteiger partial charge is 0.313 e. The number of benzene rings is 1. The molecule has 0 unspecified atom stereocenters. The van der Waals surface area contributed by atoms with Gasteiger partial charge < -0.3 is 34.4 Å². The molecule has 51 heavy (non-hydrogen) atoms. The van der Waals surface area contributed by atoms with Crippen LogP contribution < -0.4 is 5.32 Å². The van der Waals surface area contributed by atoms with Crippen LogP contribution >= 0.6 is 0 Å². The van der Waals surface area contributed by atoms with E-state index in [1.54, 1.807) is 17.1 Å². The third-order valence-electron chi connectivity index (χ3n) is 11.2. The molecule has 2 bridgehead atoms. The summed E-state index contributed by atoms with van der Waals surface area (Å²) in [5.41, 5.74) is -0.582. The number of fused-ring (bicyclic) bond motifs is 1. The molecule has 5 rings (SSSR count). The number of ether oxygens (including phenoxy) is 3. The van der Waals surface area contributed by atoms with E-state index in [2.05, 4.69) is 18.5 Å². The summed E-state index contributed by atoms with van der Waals surface area (Å²) in [5.74, 6) is -3.23. The summed E-state index contributed by atoms with van der Waals surface area (Å²) in [7, 11) is 1.51. The van der Waals surface area contributed by atoms with Gasteiger partial charge in [0.1, 0.15) is 17.7 Å². The summed E-state index contributed by atoms with van der Waals surface area (Å²) in [6.07, 6.45) is 8.86. The van der Waals surface area contributed by atoms with Crippen molar-refractivity contribution in [2.75, 3.05) is 26.9 Å². The SMILES string of the molecule is C=CCCC(=O)N[C@H](COC)[C@H](OC(=O)[C@@H]1[C@H]2C(=O)N([C@@H](CO)CC(C)C)[C@H](C(=O)N(CC=C)C3CCCCC3)[C@]23CC[C@H]1O3)c1ccccc1. The number of esters is 1. The van der Waals surface area contributed by atoms with Gasteiger partial charge in [0.05, 0.1) is 43.2 Å². The first-order chi connectivity index (χ1) is 24.6. The molecule has 4 aliphatic rings. The van der Waals surface area contributed by atoms with Crippen LogP contribution in [0.3, 0.4) is 0 Å². The molecule has 1 aromatic carbocycles. The summed E-state index contributed by atoms with van der Waals surface area (Å²) < 4.78 is 18.6. The molecule has 2 N–H and O–H groups in total. The second-order valence-electron chi connectivity index (χ2n) is 15.1. The van der Waals surface area contributed by atoms with Crippen LogP contribution in [0.5, 0.6) is 0 Å². The molecular weight excluding hydrogens is 650 g/mol. The zero-order chi connectivity index (χ0) is 36.7. The highest BCUT2D eigenvalue weighted by Gasteiger charge is 2.76. The van der Waals surface area contributed by atoms with E-state index in [0.717, 1.165) is 32.1 Å². The number of carbonyl (C=O) groups excluding carboxylic acids is 4. The molecule has 11 nitrogen and oxygen atoms in total. The van der Waals surface area contributed by atoms with Crippen LogP contribution in [0.15, 0.2) is 55.6 Å². The lowest BCUT2D eigenvalue weighted by molar-refractivity contribution is -0.163. The zero-order valence-corrected chi connectivity index (χ0v) is 30.5. The quantitative estimate of drug-likeness (QED) is 0.168. The van der Waals surface area contributed by atoms with Gasteiger partial charge in [-0.15, -0.1) is 13.2 Å². The summed E-state index contributed by atoms with van der Waals surface area (Å²) >= 11 is 0. The maximum absolute atomic E-state index is 14.9. The van der Waals surface area contributed by atoms with E-state index in [9.17, 15) is 24.3 Å². The molecular formula is C40H57N3O8. The van der Waals surface area contributed by atoms with Crippen LogP contribution in [0.25, 0.3) is 0 Å². The molecule has 11 heteroatoms. The van der Waals surface area contributed by atoms with E-state index in [4.69, 9.17) is 14.2 Å². The van der Waals surface area contributed by atoms with Gasteiger partial charge >= 0.3 is 5.97 Å². The molecule has 3 heterocycles. The first kappa shape index (κ1) is 38.7. The molecule has 3 saturated heterocycles. The second kappa shape index (κ2) is 17.3. The molecule has 1 saturated carbocycles. The Morgan fingerprint density at radius 2 is 1.84 bits per heavy atom. The molecule has 4 fully saturated rings. The van der Waals surface area contributed by atoms with E-state index < -0.39 is 53.7 Å². The summed E-state index contributed by atoms with van der Waals surface area (Å²) in [4.78, 5) is 60.6. The molecule has 1 spiro atoms. The Morgan fingerprint density at radius 3 is 2.47 bits per heavy atom. The second-order valence-corrected chi connectivity index (χ2v) is 15.1. The highest BCUT2D eigenvalue weighted by molar-refractivity contribution is 5.98. The van der Waals surface area contributed by atoms with E-state index in [1.165, 1.54) is 7.11 Å². The number of rotatable bonds is 18. The summed E-state index contributed by atoms with van der Waals surface area (Å²) in [5, 5.41) is 13.7. The van der Waals surface area contributed by atoms with Crippen molar-refractivity contribution in [3.05, 3.63) is 61.2 Å². The number of nitrogens with zero attached hydrogens (tertiary/aromatic N) is 2. The Morgan fingerprint density at radius 1 is 1.12 bits per heavy atom. The molecule has 280 valence electrons. The van der Waals surface area contributed by atoms with E-state index in [-0.39, 0.29) is 49.3 Å². The van der Waals surface area contributed by atoms with Gasteiger partial charge in [-0.05, 0) is 50.0 Å². The molecule has 8 atom stereocenters. The Kier molecular flexibility index (Phi) is 13.1.